The Kier molecular flexibility index (Phi) is 4.38. The number of hydrogen-bond donors (Lipinski definition) is 1. The molecule has 0 atom stereocenters. The number of hydrogen-bond acceptors (Lipinski definition) is 4. The van der Waals surface area contributed by atoms with E-state index in [4.69, 9.17) is 9.72 Å². The maximum absolute atomic E-state index is 5.93. The van der Waals surface area contributed by atoms with Gasteiger partial charge in [-0.25, -0.2) is 4.98 Å². The third-order valence-electron chi connectivity index (χ3n) is 4.59. The first-order valence-corrected chi connectivity index (χ1v) is 8.51. The highest BCUT2D eigenvalue weighted by Crippen LogP contribution is 2.25. The molecule has 0 spiro atoms. The molecule has 122 valence electrons. The second kappa shape index (κ2) is 6.97. The van der Waals surface area contributed by atoms with Crippen LogP contribution in [0.1, 0.15) is 30.0 Å². The van der Waals surface area contributed by atoms with Crippen LogP contribution in [0.5, 0.6) is 5.88 Å². The number of nitrogens with zero attached hydrogens (tertiary/aromatic N) is 2. The van der Waals surface area contributed by atoms with Crippen molar-refractivity contribution < 1.29 is 4.74 Å². The van der Waals surface area contributed by atoms with Gasteiger partial charge in [-0.2, -0.15) is 0 Å². The van der Waals surface area contributed by atoms with Crippen molar-refractivity contribution in [2.45, 2.75) is 25.4 Å². The molecule has 0 bridgehead atoms. The minimum Gasteiger partial charge on any atom is -0.473 e. The quantitative estimate of drug-likeness (QED) is 0.797. The average molecular weight is 319 g/mol. The Morgan fingerprint density at radius 2 is 1.96 bits per heavy atom. The van der Waals surface area contributed by atoms with Crippen LogP contribution in [0.4, 0.5) is 0 Å². The Hall–Kier alpha value is -2.46. The first-order chi connectivity index (χ1) is 11.9. The van der Waals surface area contributed by atoms with E-state index in [1.165, 1.54) is 5.39 Å². The van der Waals surface area contributed by atoms with Gasteiger partial charge in [0.2, 0.25) is 5.88 Å². The average Bonchev–Trinajstić information content (AvgIpc) is 2.67. The van der Waals surface area contributed by atoms with Gasteiger partial charge in [0.05, 0.1) is 0 Å². The zero-order valence-corrected chi connectivity index (χ0v) is 13.6. The van der Waals surface area contributed by atoms with Gasteiger partial charge in [-0.1, -0.05) is 18.2 Å². The summed E-state index contributed by atoms with van der Waals surface area (Å²) in [4.78, 5) is 8.89. The van der Waals surface area contributed by atoms with Crippen molar-refractivity contribution in [3.05, 3.63) is 66.1 Å². The van der Waals surface area contributed by atoms with Crippen LogP contribution in [-0.4, -0.2) is 23.1 Å². The van der Waals surface area contributed by atoms with E-state index >= 15 is 0 Å². The standard InChI is InChI=1S/C20H21N3O/c1-2-19(17-7-9-21-10-8-17)23-20(3-1)24-14-15-4-5-16-6-11-22-13-18(16)12-15/h1-6,11-13,17,21H,7-10,14H2. The highest BCUT2D eigenvalue weighted by atomic mass is 16.5. The Balaban J connectivity index is 1.46. The van der Waals surface area contributed by atoms with E-state index in [9.17, 15) is 0 Å². The lowest BCUT2D eigenvalue weighted by Gasteiger charge is -2.22. The van der Waals surface area contributed by atoms with Gasteiger partial charge in [-0.15, -0.1) is 0 Å². The monoisotopic (exact) mass is 319 g/mol. The van der Waals surface area contributed by atoms with Crippen LogP contribution in [0.3, 0.4) is 0 Å². The summed E-state index contributed by atoms with van der Waals surface area (Å²) in [5, 5.41) is 5.72. The summed E-state index contributed by atoms with van der Waals surface area (Å²) in [7, 11) is 0. The molecule has 3 aromatic rings. The van der Waals surface area contributed by atoms with Gasteiger partial charge in [0, 0.05) is 35.5 Å². The summed E-state index contributed by atoms with van der Waals surface area (Å²) >= 11 is 0. The molecule has 1 fully saturated rings. The summed E-state index contributed by atoms with van der Waals surface area (Å²) in [5.74, 6) is 1.25. The summed E-state index contributed by atoms with van der Waals surface area (Å²) in [5.41, 5.74) is 2.28. The van der Waals surface area contributed by atoms with Crippen molar-refractivity contribution in [3.8, 4) is 5.88 Å². The molecule has 0 amide bonds. The summed E-state index contributed by atoms with van der Waals surface area (Å²) in [6, 6.07) is 14.4. The molecule has 0 unspecified atom stereocenters. The van der Waals surface area contributed by atoms with Gasteiger partial charge in [-0.05, 0) is 55.1 Å². The molecule has 1 N–H and O–H groups in total. The Bertz CT molecular complexity index is 828. The predicted molar refractivity (Wildman–Crippen MR) is 95.2 cm³/mol. The molecule has 0 aliphatic carbocycles. The van der Waals surface area contributed by atoms with E-state index < -0.39 is 0 Å². The molecule has 1 aliphatic heterocycles. The molecule has 4 nitrogen and oxygen atoms in total. The molecule has 24 heavy (non-hydrogen) atoms. The minimum atomic E-state index is 0.521. The topological polar surface area (TPSA) is 47.0 Å². The van der Waals surface area contributed by atoms with E-state index in [0.29, 0.717) is 18.4 Å². The van der Waals surface area contributed by atoms with Gasteiger partial charge in [0.15, 0.2) is 0 Å². The molecule has 2 aromatic heterocycles. The molecule has 0 saturated carbocycles. The van der Waals surface area contributed by atoms with Crippen molar-refractivity contribution in [1.82, 2.24) is 15.3 Å². The van der Waals surface area contributed by atoms with E-state index in [0.717, 1.165) is 42.6 Å². The zero-order chi connectivity index (χ0) is 16.2. The fourth-order valence-electron chi connectivity index (χ4n) is 3.24. The highest BCUT2D eigenvalue weighted by molar-refractivity contribution is 5.81. The van der Waals surface area contributed by atoms with Crippen LogP contribution in [0.15, 0.2) is 54.9 Å². The van der Waals surface area contributed by atoms with Crippen LogP contribution >= 0.6 is 0 Å². The molecule has 4 heteroatoms. The number of nitrogens with one attached hydrogen (secondary N) is 1. The van der Waals surface area contributed by atoms with Gasteiger partial charge in [0.1, 0.15) is 6.61 Å². The third-order valence-corrected chi connectivity index (χ3v) is 4.59. The number of rotatable bonds is 4. The van der Waals surface area contributed by atoms with Gasteiger partial charge in [0.25, 0.3) is 0 Å². The molecule has 4 rings (SSSR count). The van der Waals surface area contributed by atoms with Crippen molar-refractivity contribution in [1.29, 1.82) is 0 Å². The van der Waals surface area contributed by atoms with Gasteiger partial charge < -0.3 is 10.1 Å². The second-order valence-electron chi connectivity index (χ2n) is 6.27. The molecule has 1 aliphatic rings. The maximum Gasteiger partial charge on any atom is 0.213 e. The SMILES string of the molecule is c1cc(OCc2ccc3ccncc3c2)nc(C2CCNCC2)c1. The molecule has 1 aromatic carbocycles. The first-order valence-electron chi connectivity index (χ1n) is 8.51. The van der Waals surface area contributed by atoms with E-state index in [-0.39, 0.29) is 0 Å². The number of aromatic nitrogens is 2. The first kappa shape index (κ1) is 15.1. The lowest BCUT2D eigenvalue weighted by molar-refractivity contribution is 0.291. The molecule has 3 heterocycles. The predicted octanol–water partition coefficient (Wildman–Crippen LogP) is 3.68. The van der Waals surface area contributed by atoms with Crippen LogP contribution in [0.25, 0.3) is 10.8 Å². The fraction of sp³-hybridized carbons (Fsp3) is 0.300. The summed E-state index contributed by atoms with van der Waals surface area (Å²) in [6.07, 6.45) is 5.99. The molecule has 1 saturated heterocycles. The summed E-state index contributed by atoms with van der Waals surface area (Å²) in [6.45, 7) is 2.67. The lowest BCUT2D eigenvalue weighted by atomic mass is 9.94. The third kappa shape index (κ3) is 3.39. The zero-order valence-electron chi connectivity index (χ0n) is 13.6. The highest BCUT2D eigenvalue weighted by Gasteiger charge is 2.16. The van der Waals surface area contributed by atoms with Crippen LogP contribution < -0.4 is 10.1 Å². The van der Waals surface area contributed by atoms with Crippen molar-refractivity contribution in [2.24, 2.45) is 0 Å². The Morgan fingerprint density at radius 3 is 2.88 bits per heavy atom. The van der Waals surface area contributed by atoms with E-state index in [2.05, 4.69) is 34.6 Å². The molecular formula is C20H21N3O. The molecule has 0 radical (unpaired) electrons. The number of piperidine rings is 1. The lowest BCUT2D eigenvalue weighted by Crippen LogP contribution is -2.27. The molecular weight excluding hydrogens is 298 g/mol. The minimum absolute atomic E-state index is 0.521. The van der Waals surface area contributed by atoms with Crippen LogP contribution in [-0.2, 0) is 6.61 Å². The largest absolute Gasteiger partial charge is 0.473 e. The Morgan fingerprint density at radius 1 is 1.04 bits per heavy atom. The van der Waals surface area contributed by atoms with Crippen LogP contribution in [0, 0.1) is 0 Å². The van der Waals surface area contributed by atoms with Gasteiger partial charge >= 0.3 is 0 Å². The summed E-state index contributed by atoms with van der Waals surface area (Å²) < 4.78 is 5.93. The van der Waals surface area contributed by atoms with Gasteiger partial charge in [-0.3, -0.25) is 4.98 Å². The fourth-order valence-corrected chi connectivity index (χ4v) is 3.24. The maximum atomic E-state index is 5.93. The Labute approximate surface area is 141 Å². The smallest absolute Gasteiger partial charge is 0.213 e. The number of fused-ring (bicyclic) bond motifs is 1. The number of pyridine rings is 2. The normalized spacial score (nSPS) is 15.5. The van der Waals surface area contributed by atoms with Crippen molar-refractivity contribution >= 4 is 10.8 Å². The van der Waals surface area contributed by atoms with Crippen molar-refractivity contribution in [2.75, 3.05) is 13.1 Å². The second-order valence-corrected chi connectivity index (χ2v) is 6.27. The van der Waals surface area contributed by atoms with E-state index in [1.54, 1.807) is 0 Å². The number of ether oxygens (including phenoxy) is 1. The van der Waals surface area contributed by atoms with E-state index in [1.807, 2.05) is 30.6 Å². The van der Waals surface area contributed by atoms with Crippen molar-refractivity contribution in [3.63, 3.8) is 0 Å². The van der Waals surface area contributed by atoms with Crippen LogP contribution in [0.2, 0.25) is 0 Å². The number of benzene rings is 1.